The summed E-state index contributed by atoms with van der Waals surface area (Å²) in [6.07, 6.45) is -4.89. The van der Waals surface area contributed by atoms with Crippen LogP contribution in [0, 0.1) is 11.7 Å². The fourth-order valence-electron chi connectivity index (χ4n) is 1.52. The first-order chi connectivity index (χ1) is 7.40. The van der Waals surface area contributed by atoms with E-state index in [2.05, 4.69) is 0 Å². The monoisotopic (exact) mass is 235 g/mol. The Morgan fingerprint density at radius 2 is 1.69 bits per heavy atom. The van der Waals surface area contributed by atoms with Gasteiger partial charge < -0.3 is 5.73 Å². The van der Waals surface area contributed by atoms with Crippen LogP contribution in [0.25, 0.3) is 0 Å². The number of hydrogen-bond donors (Lipinski definition) is 1. The zero-order chi connectivity index (χ0) is 12.2. The molecule has 1 nitrogen and oxygen atoms in total. The Balaban J connectivity index is 2.60. The van der Waals surface area contributed by atoms with Crippen molar-refractivity contribution in [2.75, 3.05) is 6.54 Å². The van der Waals surface area contributed by atoms with Crippen molar-refractivity contribution in [2.24, 2.45) is 11.7 Å². The molecule has 1 atom stereocenters. The molecular weight excluding hydrogens is 222 g/mol. The molecule has 0 aliphatic carbocycles. The van der Waals surface area contributed by atoms with Gasteiger partial charge in [0.2, 0.25) is 0 Å². The van der Waals surface area contributed by atoms with Gasteiger partial charge in [-0.3, -0.25) is 0 Å². The molecule has 0 fully saturated rings. The summed E-state index contributed by atoms with van der Waals surface area (Å²) in [4.78, 5) is 0. The Labute approximate surface area is 91.3 Å². The van der Waals surface area contributed by atoms with Crippen molar-refractivity contribution in [1.29, 1.82) is 0 Å². The number of alkyl halides is 3. The maximum Gasteiger partial charge on any atom is 0.389 e. The van der Waals surface area contributed by atoms with Crippen LogP contribution >= 0.6 is 0 Å². The molecular formula is C11H13F4N. The number of rotatable bonds is 4. The molecule has 0 aliphatic rings. The van der Waals surface area contributed by atoms with Crippen LogP contribution in [-0.2, 0) is 6.42 Å². The van der Waals surface area contributed by atoms with Crippen molar-refractivity contribution in [3.8, 4) is 0 Å². The third kappa shape index (κ3) is 4.61. The topological polar surface area (TPSA) is 26.0 Å². The summed E-state index contributed by atoms with van der Waals surface area (Å²) in [5, 5.41) is 0. The van der Waals surface area contributed by atoms with Crippen LogP contribution in [0.3, 0.4) is 0 Å². The van der Waals surface area contributed by atoms with E-state index >= 15 is 0 Å². The summed E-state index contributed by atoms with van der Waals surface area (Å²) in [5.74, 6) is -1.05. The molecule has 16 heavy (non-hydrogen) atoms. The maximum atomic E-state index is 12.6. The van der Waals surface area contributed by atoms with E-state index in [-0.39, 0.29) is 13.0 Å². The number of benzene rings is 1. The Morgan fingerprint density at radius 3 is 2.12 bits per heavy atom. The molecule has 90 valence electrons. The molecule has 1 aromatic rings. The van der Waals surface area contributed by atoms with Crippen LogP contribution in [-0.4, -0.2) is 12.7 Å². The minimum Gasteiger partial charge on any atom is -0.330 e. The zero-order valence-corrected chi connectivity index (χ0v) is 8.60. The molecule has 0 aliphatic heterocycles. The van der Waals surface area contributed by atoms with E-state index in [1.54, 1.807) is 0 Å². The van der Waals surface area contributed by atoms with E-state index in [9.17, 15) is 17.6 Å². The van der Waals surface area contributed by atoms with Gasteiger partial charge in [0.25, 0.3) is 0 Å². The minimum absolute atomic E-state index is 0.0309. The third-order valence-electron chi connectivity index (χ3n) is 2.29. The zero-order valence-electron chi connectivity index (χ0n) is 8.60. The molecule has 0 aromatic heterocycles. The van der Waals surface area contributed by atoms with Crippen molar-refractivity contribution in [2.45, 2.75) is 19.0 Å². The van der Waals surface area contributed by atoms with E-state index in [0.29, 0.717) is 5.56 Å². The van der Waals surface area contributed by atoms with Crippen molar-refractivity contribution in [3.05, 3.63) is 35.6 Å². The molecule has 1 aromatic carbocycles. The molecule has 0 radical (unpaired) electrons. The normalized spacial score (nSPS) is 13.8. The van der Waals surface area contributed by atoms with Gasteiger partial charge >= 0.3 is 6.18 Å². The fraction of sp³-hybridized carbons (Fsp3) is 0.455. The molecule has 5 heteroatoms. The lowest BCUT2D eigenvalue weighted by molar-refractivity contribution is -0.143. The van der Waals surface area contributed by atoms with Gasteiger partial charge in [-0.25, -0.2) is 4.39 Å². The van der Waals surface area contributed by atoms with Crippen LogP contribution in [0.5, 0.6) is 0 Å². The van der Waals surface area contributed by atoms with Crippen molar-refractivity contribution < 1.29 is 17.6 Å². The largest absolute Gasteiger partial charge is 0.389 e. The first kappa shape index (κ1) is 13.0. The van der Waals surface area contributed by atoms with Crippen molar-refractivity contribution in [3.63, 3.8) is 0 Å². The van der Waals surface area contributed by atoms with Gasteiger partial charge in [-0.05, 0) is 36.6 Å². The lowest BCUT2D eigenvalue weighted by Gasteiger charge is -2.16. The predicted octanol–water partition coefficient (Wildman–Crippen LogP) is 2.90. The first-order valence-corrected chi connectivity index (χ1v) is 4.92. The maximum absolute atomic E-state index is 12.6. The van der Waals surface area contributed by atoms with Crippen molar-refractivity contribution >= 4 is 0 Å². The Morgan fingerprint density at radius 1 is 1.12 bits per heavy atom. The van der Waals surface area contributed by atoms with Crippen LogP contribution in [0.15, 0.2) is 24.3 Å². The minimum atomic E-state index is -4.20. The standard InChI is InChI=1S/C11H13F4N/c12-10-3-1-8(2-4-10)5-9(7-16)6-11(13,14)15/h1-4,9H,5-7,16H2. The average molecular weight is 235 g/mol. The van der Waals surface area contributed by atoms with Gasteiger partial charge in [-0.15, -0.1) is 0 Å². The van der Waals surface area contributed by atoms with E-state index in [4.69, 9.17) is 5.73 Å². The van der Waals surface area contributed by atoms with Gasteiger partial charge in [0, 0.05) is 6.42 Å². The van der Waals surface area contributed by atoms with Gasteiger partial charge in [0.15, 0.2) is 0 Å². The summed E-state index contributed by atoms with van der Waals surface area (Å²) >= 11 is 0. The molecule has 2 N–H and O–H groups in total. The van der Waals surface area contributed by atoms with E-state index in [1.807, 2.05) is 0 Å². The number of halogens is 4. The van der Waals surface area contributed by atoms with E-state index < -0.39 is 24.3 Å². The summed E-state index contributed by atoms with van der Waals surface area (Å²) in [6.45, 7) is -0.0309. The van der Waals surface area contributed by atoms with E-state index in [0.717, 1.165) is 0 Å². The predicted molar refractivity (Wildman–Crippen MR) is 53.3 cm³/mol. The molecule has 0 saturated heterocycles. The van der Waals surface area contributed by atoms with Crippen molar-refractivity contribution in [1.82, 2.24) is 0 Å². The first-order valence-electron chi connectivity index (χ1n) is 4.92. The highest BCUT2D eigenvalue weighted by molar-refractivity contribution is 5.16. The van der Waals surface area contributed by atoms with Gasteiger partial charge in [-0.1, -0.05) is 12.1 Å². The van der Waals surface area contributed by atoms with Crippen LogP contribution < -0.4 is 5.73 Å². The highest BCUT2D eigenvalue weighted by Gasteiger charge is 2.31. The second-order valence-electron chi connectivity index (χ2n) is 3.75. The number of nitrogens with two attached hydrogens (primary N) is 1. The van der Waals surface area contributed by atoms with E-state index in [1.165, 1.54) is 24.3 Å². The smallest absolute Gasteiger partial charge is 0.330 e. The summed E-state index contributed by atoms with van der Waals surface area (Å²) in [6, 6.07) is 5.43. The average Bonchev–Trinajstić information content (AvgIpc) is 2.18. The molecule has 0 saturated carbocycles. The van der Waals surface area contributed by atoms with Gasteiger partial charge in [0.1, 0.15) is 5.82 Å². The summed E-state index contributed by atoms with van der Waals surface area (Å²) < 4.78 is 49.0. The van der Waals surface area contributed by atoms with Gasteiger partial charge in [-0.2, -0.15) is 13.2 Å². The SMILES string of the molecule is NCC(Cc1ccc(F)cc1)CC(F)(F)F. The Bertz CT molecular complexity index is 318. The number of hydrogen-bond acceptors (Lipinski definition) is 1. The molecule has 0 bridgehead atoms. The molecule has 1 unspecified atom stereocenters. The summed E-state index contributed by atoms with van der Waals surface area (Å²) in [7, 11) is 0. The fourth-order valence-corrected chi connectivity index (χ4v) is 1.52. The molecule has 0 spiro atoms. The lowest BCUT2D eigenvalue weighted by Crippen LogP contribution is -2.24. The Hall–Kier alpha value is -1.10. The quantitative estimate of drug-likeness (QED) is 0.798. The van der Waals surface area contributed by atoms with Crippen LogP contribution in [0.4, 0.5) is 17.6 Å². The van der Waals surface area contributed by atoms with Gasteiger partial charge in [0.05, 0.1) is 0 Å². The highest BCUT2D eigenvalue weighted by atomic mass is 19.4. The highest BCUT2D eigenvalue weighted by Crippen LogP contribution is 2.26. The van der Waals surface area contributed by atoms with Crippen LogP contribution in [0.2, 0.25) is 0 Å². The summed E-state index contributed by atoms with van der Waals surface area (Å²) in [5.41, 5.74) is 5.95. The Kier molecular flexibility index (Phi) is 4.29. The van der Waals surface area contributed by atoms with Crippen LogP contribution in [0.1, 0.15) is 12.0 Å². The second-order valence-corrected chi connectivity index (χ2v) is 3.75. The third-order valence-corrected chi connectivity index (χ3v) is 2.29. The lowest BCUT2D eigenvalue weighted by atomic mass is 9.96. The molecule has 0 amide bonds. The second kappa shape index (κ2) is 5.30. The molecule has 1 rings (SSSR count). The molecule has 0 heterocycles.